The van der Waals surface area contributed by atoms with E-state index in [9.17, 15) is 0 Å². The first kappa shape index (κ1) is 15.0. The molecule has 0 saturated heterocycles. The van der Waals surface area contributed by atoms with Crippen LogP contribution in [0.4, 0.5) is 0 Å². The van der Waals surface area contributed by atoms with E-state index in [0.29, 0.717) is 5.41 Å². The summed E-state index contributed by atoms with van der Waals surface area (Å²) in [5.74, 6) is 1.86. The monoisotopic (exact) mass is 239 g/mol. The molecule has 0 aliphatic heterocycles. The fourth-order valence-corrected chi connectivity index (χ4v) is 3.37. The summed E-state index contributed by atoms with van der Waals surface area (Å²) in [7, 11) is 0. The first-order valence-electron chi connectivity index (χ1n) is 7.85. The van der Waals surface area contributed by atoms with E-state index in [0.717, 1.165) is 18.4 Å². The van der Waals surface area contributed by atoms with Gasteiger partial charge in [0.05, 0.1) is 0 Å². The molecule has 1 aliphatic rings. The Morgan fingerprint density at radius 2 is 1.82 bits per heavy atom. The summed E-state index contributed by atoms with van der Waals surface area (Å²) in [6, 6.07) is 0. The molecule has 1 rings (SSSR count). The van der Waals surface area contributed by atoms with E-state index in [1.54, 1.807) is 0 Å². The number of nitrogens with one attached hydrogen (secondary N) is 1. The molecule has 1 aliphatic carbocycles. The van der Waals surface area contributed by atoms with Gasteiger partial charge in [-0.25, -0.2) is 0 Å². The third kappa shape index (κ3) is 4.28. The van der Waals surface area contributed by atoms with Crippen LogP contribution in [0.1, 0.15) is 72.6 Å². The van der Waals surface area contributed by atoms with E-state index in [-0.39, 0.29) is 0 Å². The molecule has 0 radical (unpaired) electrons. The molecule has 1 heteroatoms. The Morgan fingerprint density at radius 3 is 2.29 bits per heavy atom. The van der Waals surface area contributed by atoms with Gasteiger partial charge in [-0.2, -0.15) is 0 Å². The van der Waals surface area contributed by atoms with Crippen molar-refractivity contribution in [3.63, 3.8) is 0 Å². The minimum atomic E-state index is 0.596. The van der Waals surface area contributed by atoms with Crippen molar-refractivity contribution in [2.45, 2.75) is 72.6 Å². The molecule has 0 bridgehead atoms. The summed E-state index contributed by atoms with van der Waals surface area (Å²) < 4.78 is 0. The average molecular weight is 239 g/mol. The van der Waals surface area contributed by atoms with Crippen LogP contribution in [-0.2, 0) is 0 Å². The number of unbranched alkanes of at least 4 members (excludes halogenated alkanes) is 1. The van der Waals surface area contributed by atoms with Crippen molar-refractivity contribution in [2.75, 3.05) is 13.1 Å². The Labute approximate surface area is 109 Å². The summed E-state index contributed by atoms with van der Waals surface area (Å²) in [6.45, 7) is 11.7. The Balaban J connectivity index is 2.43. The molecular formula is C16H33N. The van der Waals surface area contributed by atoms with Crippen molar-refractivity contribution in [2.24, 2.45) is 17.3 Å². The molecule has 0 heterocycles. The molecule has 0 aromatic heterocycles. The van der Waals surface area contributed by atoms with Crippen LogP contribution in [0.3, 0.4) is 0 Å². The highest BCUT2D eigenvalue weighted by atomic mass is 14.9. The van der Waals surface area contributed by atoms with Crippen LogP contribution in [0, 0.1) is 17.3 Å². The zero-order valence-corrected chi connectivity index (χ0v) is 12.5. The Hall–Kier alpha value is -0.0400. The number of hydrogen-bond acceptors (Lipinski definition) is 1. The third-order valence-electron chi connectivity index (χ3n) is 5.02. The van der Waals surface area contributed by atoms with E-state index < -0.39 is 0 Å². The van der Waals surface area contributed by atoms with Crippen molar-refractivity contribution >= 4 is 0 Å². The molecule has 1 saturated carbocycles. The lowest BCUT2D eigenvalue weighted by Gasteiger charge is -2.44. The molecule has 0 spiro atoms. The van der Waals surface area contributed by atoms with E-state index in [1.807, 2.05) is 0 Å². The standard InChI is InChI=1S/C16H33N/c1-5-7-8-15-9-11-16(12-10-15,14(3)4)13-17-6-2/h14-15,17H,5-13H2,1-4H3. The Morgan fingerprint density at radius 1 is 1.18 bits per heavy atom. The second-order valence-electron chi connectivity index (χ2n) is 6.38. The zero-order chi connectivity index (χ0) is 12.7. The van der Waals surface area contributed by atoms with Gasteiger partial charge in [-0.05, 0) is 49.5 Å². The molecular weight excluding hydrogens is 206 g/mol. The van der Waals surface area contributed by atoms with Crippen LogP contribution in [-0.4, -0.2) is 13.1 Å². The first-order chi connectivity index (χ1) is 8.14. The van der Waals surface area contributed by atoms with E-state index in [4.69, 9.17) is 0 Å². The number of rotatable bonds is 7. The normalized spacial score (nSPS) is 29.8. The molecule has 1 nitrogen and oxygen atoms in total. The molecule has 1 fully saturated rings. The van der Waals surface area contributed by atoms with Gasteiger partial charge in [-0.1, -0.05) is 47.0 Å². The zero-order valence-electron chi connectivity index (χ0n) is 12.5. The number of hydrogen-bond donors (Lipinski definition) is 1. The summed E-state index contributed by atoms with van der Waals surface area (Å²) in [5.41, 5.74) is 0.596. The SMILES string of the molecule is CCCCC1CCC(CNCC)(C(C)C)CC1. The van der Waals surface area contributed by atoms with E-state index in [1.165, 1.54) is 51.5 Å². The molecule has 0 unspecified atom stereocenters. The van der Waals surface area contributed by atoms with Crippen molar-refractivity contribution in [3.8, 4) is 0 Å². The quantitative estimate of drug-likeness (QED) is 0.683. The highest BCUT2D eigenvalue weighted by molar-refractivity contribution is 4.89. The highest BCUT2D eigenvalue weighted by Crippen LogP contribution is 2.45. The predicted molar refractivity (Wildman–Crippen MR) is 77.3 cm³/mol. The van der Waals surface area contributed by atoms with Crippen LogP contribution in [0.5, 0.6) is 0 Å². The van der Waals surface area contributed by atoms with Gasteiger partial charge in [0.1, 0.15) is 0 Å². The lowest BCUT2D eigenvalue weighted by molar-refractivity contribution is 0.0865. The van der Waals surface area contributed by atoms with E-state index in [2.05, 4.69) is 33.0 Å². The Bertz CT molecular complexity index is 190. The first-order valence-corrected chi connectivity index (χ1v) is 7.85. The van der Waals surface area contributed by atoms with Gasteiger partial charge < -0.3 is 5.32 Å². The van der Waals surface area contributed by atoms with Gasteiger partial charge in [0.2, 0.25) is 0 Å². The molecule has 0 aromatic rings. The second kappa shape index (κ2) is 7.41. The van der Waals surface area contributed by atoms with Gasteiger partial charge in [-0.3, -0.25) is 0 Å². The van der Waals surface area contributed by atoms with Crippen LogP contribution in [0.2, 0.25) is 0 Å². The molecule has 0 aromatic carbocycles. The van der Waals surface area contributed by atoms with Crippen molar-refractivity contribution < 1.29 is 0 Å². The van der Waals surface area contributed by atoms with Crippen molar-refractivity contribution in [1.82, 2.24) is 5.32 Å². The van der Waals surface area contributed by atoms with Crippen molar-refractivity contribution in [3.05, 3.63) is 0 Å². The van der Waals surface area contributed by atoms with Gasteiger partial charge in [0.15, 0.2) is 0 Å². The third-order valence-corrected chi connectivity index (χ3v) is 5.02. The lowest BCUT2D eigenvalue weighted by Crippen LogP contribution is -2.41. The summed E-state index contributed by atoms with van der Waals surface area (Å²) in [6.07, 6.45) is 10.1. The van der Waals surface area contributed by atoms with Crippen molar-refractivity contribution in [1.29, 1.82) is 0 Å². The second-order valence-corrected chi connectivity index (χ2v) is 6.38. The van der Waals surface area contributed by atoms with Gasteiger partial charge in [-0.15, -0.1) is 0 Å². The van der Waals surface area contributed by atoms with E-state index >= 15 is 0 Å². The maximum atomic E-state index is 3.60. The maximum absolute atomic E-state index is 3.60. The largest absolute Gasteiger partial charge is 0.316 e. The Kier molecular flexibility index (Phi) is 6.54. The van der Waals surface area contributed by atoms with Crippen LogP contribution < -0.4 is 5.32 Å². The molecule has 17 heavy (non-hydrogen) atoms. The molecule has 0 atom stereocenters. The molecule has 102 valence electrons. The van der Waals surface area contributed by atoms with Gasteiger partial charge in [0, 0.05) is 6.54 Å². The maximum Gasteiger partial charge on any atom is 0.00101 e. The topological polar surface area (TPSA) is 12.0 Å². The fourth-order valence-electron chi connectivity index (χ4n) is 3.37. The van der Waals surface area contributed by atoms with Crippen LogP contribution in [0.15, 0.2) is 0 Å². The predicted octanol–water partition coefficient (Wildman–Crippen LogP) is 4.62. The fraction of sp³-hybridized carbons (Fsp3) is 1.00. The summed E-state index contributed by atoms with van der Waals surface area (Å²) >= 11 is 0. The van der Waals surface area contributed by atoms with Crippen LogP contribution >= 0.6 is 0 Å². The average Bonchev–Trinajstić information content (AvgIpc) is 2.35. The lowest BCUT2D eigenvalue weighted by atomic mass is 9.64. The highest BCUT2D eigenvalue weighted by Gasteiger charge is 2.37. The van der Waals surface area contributed by atoms with Gasteiger partial charge >= 0.3 is 0 Å². The molecule has 0 amide bonds. The minimum Gasteiger partial charge on any atom is -0.316 e. The van der Waals surface area contributed by atoms with Gasteiger partial charge in [0.25, 0.3) is 0 Å². The summed E-state index contributed by atoms with van der Waals surface area (Å²) in [4.78, 5) is 0. The summed E-state index contributed by atoms with van der Waals surface area (Å²) in [5, 5.41) is 3.60. The smallest absolute Gasteiger partial charge is 0.00101 e. The minimum absolute atomic E-state index is 0.596. The molecule has 1 N–H and O–H groups in total. The van der Waals surface area contributed by atoms with Crippen LogP contribution in [0.25, 0.3) is 0 Å².